The van der Waals surface area contributed by atoms with Gasteiger partial charge in [0.2, 0.25) is 5.91 Å². The van der Waals surface area contributed by atoms with Crippen LogP contribution in [0.5, 0.6) is 0 Å². The molecular formula is C14H16N2O2. The summed E-state index contributed by atoms with van der Waals surface area (Å²) in [5.74, 6) is 0.0436. The van der Waals surface area contributed by atoms with Crippen molar-refractivity contribution in [2.75, 3.05) is 7.05 Å². The number of benzene rings is 1. The molecule has 0 radical (unpaired) electrons. The summed E-state index contributed by atoms with van der Waals surface area (Å²) < 4.78 is 2.03. The number of carbonyl (C=O) groups excluding carboxylic acids is 2. The SMILES string of the molecule is CNC(=O)CCCn1cc(C=O)c2ccccc21. The Balaban J connectivity index is 2.18. The van der Waals surface area contributed by atoms with Crippen LogP contribution in [0.25, 0.3) is 10.9 Å². The van der Waals surface area contributed by atoms with Crippen LogP contribution in [0.4, 0.5) is 0 Å². The quantitative estimate of drug-likeness (QED) is 0.818. The number of fused-ring (bicyclic) bond motifs is 1. The third-order valence-corrected chi connectivity index (χ3v) is 3.03. The van der Waals surface area contributed by atoms with Gasteiger partial charge in [-0.2, -0.15) is 0 Å². The van der Waals surface area contributed by atoms with Gasteiger partial charge in [-0.25, -0.2) is 0 Å². The third kappa shape index (κ3) is 2.42. The Morgan fingerprint density at radius 1 is 1.39 bits per heavy atom. The van der Waals surface area contributed by atoms with Crippen LogP contribution >= 0.6 is 0 Å². The van der Waals surface area contributed by atoms with Crippen LogP contribution < -0.4 is 5.32 Å². The third-order valence-electron chi connectivity index (χ3n) is 3.03. The molecule has 0 spiro atoms. The highest BCUT2D eigenvalue weighted by molar-refractivity contribution is 5.97. The van der Waals surface area contributed by atoms with E-state index in [9.17, 15) is 9.59 Å². The zero-order valence-electron chi connectivity index (χ0n) is 10.3. The van der Waals surface area contributed by atoms with Crippen molar-refractivity contribution in [2.45, 2.75) is 19.4 Å². The highest BCUT2D eigenvalue weighted by Crippen LogP contribution is 2.20. The normalized spacial score (nSPS) is 10.5. The van der Waals surface area contributed by atoms with E-state index in [1.165, 1.54) is 0 Å². The smallest absolute Gasteiger partial charge is 0.219 e. The second-order valence-corrected chi connectivity index (χ2v) is 4.19. The van der Waals surface area contributed by atoms with Crippen LogP contribution in [-0.4, -0.2) is 23.8 Å². The number of hydrogen-bond acceptors (Lipinski definition) is 2. The Kier molecular flexibility index (Phi) is 3.77. The van der Waals surface area contributed by atoms with Crippen LogP contribution in [0.1, 0.15) is 23.2 Å². The molecule has 1 aromatic carbocycles. The Morgan fingerprint density at radius 2 is 2.17 bits per heavy atom. The minimum atomic E-state index is 0.0436. The molecule has 0 atom stereocenters. The maximum Gasteiger partial charge on any atom is 0.219 e. The molecule has 2 rings (SSSR count). The van der Waals surface area contributed by atoms with E-state index >= 15 is 0 Å². The lowest BCUT2D eigenvalue weighted by Crippen LogP contribution is -2.17. The first kappa shape index (κ1) is 12.4. The summed E-state index contributed by atoms with van der Waals surface area (Å²) >= 11 is 0. The summed E-state index contributed by atoms with van der Waals surface area (Å²) in [5.41, 5.74) is 1.74. The molecular weight excluding hydrogens is 228 g/mol. The van der Waals surface area contributed by atoms with E-state index in [0.29, 0.717) is 12.0 Å². The molecule has 1 heterocycles. The summed E-state index contributed by atoms with van der Waals surface area (Å²) in [5, 5.41) is 3.57. The number of amides is 1. The van der Waals surface area contributed by atoms with Crippen LogP contribution in [0.15, 0.2) is 30.5 Å². The monoisotopic (exact) mass is 244 g/mol. The van der Waals surface area contributed by atoms with Crippen molar-refractivity contribution in [2.24, 2.45) is 0 Å². The number of aromatic nitrogens is 1. The van der Waals surface area contributed by atoms with Gasteiger partial charge in [-0.1, -0.05) is 18.2 Å². The summed E-state index contributed by atoms with van der Waals surface area (Å²) in [6, 6.07) is 7.80. The number of nitrogens with zero attached hydrogens (tertiary/aromatic N) is 1. The van der Waals surface area contributed by atoms with Crippen molar-refractivity contribution in [3.63, 3.8) is 0 Å². The summed E-state index contributed by atoms with van der Waals surface area (Å²) in [4.78, 5) is 22.1. The topological polar surface area (TPSA) is 51.1 Å². The summed E-state index contributed by atoms with van der Waals surface area (Å²) in [7, 11) is 1.64. The molecule has 0 fully saturated rings. The molecule has 0 saturated heterocycles. The Bertz CT molecular complexity index is 572. The predicted octanol–water partition coefficient (Wildman–Crippen LogP) is 1.98. The van der Waals surface area contributed by atoms with Crippen LogP contribution in [0.2, 0.25) is 0 Å². The maximum absolute atomic E-state index is 11.2. The molecule has 1 N–H and O–H groups in total. The Hall–Kier alpha value is -2.10. The lowest BCUT2D eigenvalue weighted by atomic mass is 10.2. The van der Waals surface area contributed by atoms with Crippen molar-refractivity contribution < 1.29 is 9.59 Å². The minimum absolute atomic E-state index is 0.0436. The average Bonchev–Trinajstić information content (AvgIpc) is 2.77. The largest absolute Gasteiger partial charge is 0.359 e. The number of hydrogen-bond donors (Lipinski definition) is 1. The number of carbonyl (C=O) groups is 2. The Morgan fingerprint density at radius 3 is 2.89 bits per heavy atom. The van der Waals surface area contributed by atoms with E-state index in [0.717, 1.165) is 30.2 Å². The molecule has 18 heavy (non-hydrogen) atoms. The van der Waals surface area contributed by atoms with E-state index in [-0.39, 0.29) is 5.91 Å². The molecule has 4 heteroatoms. The van der Waals surface area contributed by atoms with Crippen LogP contribution in [0, 0.1) is 0 Å². The van der Waals surface area contributed by atoms with Gasteiger partial charge in [-0.15, -0.1) is 0 Å². The molecule has 0 unspecified atom stereocenters. The minimum Gasteiger partial charge on any atom is -0.359 e. The van der Waals surface area contributed by atoms with Gasteiger partial charge in [0, 0.05) is 42.7 Å². The van der Waals surface area contributed by atoms with E-state index < -0.39 is 0 Å². The second-order valence-electron chi connectivity index (χ2n) is 4.19. The lowest BCUT2D eigenvalue weighted by Gasteiger charge is -2.04. The van der Waals surface area contributed by atoms with Crippen molar-refractivity contribution in [3.05, 3.63) is 36.0 Å². The van der Waals surface area contributed by atoms with E-state index in [2.05, 4.69) is 5.32 Å². The zero-order valence-corrected chi connectivity index (χ0v) is 10.3. The molecule has 0 bridgehead atoms. The maximum atomic E-state index is 11.2. The van der Waals surface area contributed by atoms with Crippen molar-refractivity contribution in [1.82, 2.24) is 9.88 Å². The van der Waals surface area contributed by atoms with Gasteiger partial charge in [-0.05, 0) is 12.5 Å². The van der Waals surface area contributed by atoms with Gasteiger partial charge < -0.3 is 9.88 Å². The highest BCUT2D eigenvalue weighted by Gasteiger charge is 2.07. The second kappa shape index (κ2) is 5.49. The fourth-order valence-corrected chi connectivity index (χ4v) is 2.09. The molecule has 0 saturated carbocycles. The van der Waals surface area contributed by atoms with Gasteiger partial charge in [0.25, 0.3) is 0 Å². The molecule has 94 valence electrons. The van der Waals surface area contributed by atoms with Crippen LogP contribution in [-0.2, 0) is 11.3 Å². The summed E-state index contributed by atoms with van der Waals surface area (Å²) in [6.45, 7) is 0.738. The van der Waals surface area contributed by atoms with Crippen molar-refractivity contribution in [1.29, 1.82) is 0 Å². The fraction of sp³-hybridized carbons (Fsp3) is 0.286. The highest BCUT2D eigenvalue weighted by atomic mass is 16.1. The van der Waals surface area contributed by atoms with E-state index in [1.54, 1.807) is 7.05 Å². The van der Waals surface area contributed by atoms with Gasteiger partial charge in [-0.3, -0.25) is 9.59 Å². The lowest BCUT2D eigenvalue weighted by molar-refractivity contribution is -0.120. The number of aryl methyl sites for hydroxylation is 1. The first-order valence-corrected chi connectivity index (χ1v) is 6.00. The zero-order chi connectivity index (χ0) is 13.0. The number of nitrogens with one attached hydrogen (secondary N) is 1. The van der Waals surface area contributed by atoms with E-state index in [4.69, 9.17) is 0 Å². The van der Waals surface area contributed by atoms with Crippen molar-refractivity contribution >= 4 is 23.1 Å². The number of rotatable bonds is 5. The van der Waals surface area contributed by atoms with Crippen LogP contribution in [0.3, 0.4) is 0 Å². The molecule has 1 aromatic heterocycles. The number of para-hydroxylation sites is 1. The van der Waals surface area contributed by atoms with Gasteiger partial charge in [0.05, 0.1) is 0 Å². The predicted molar refractivity (Wildman–Crippen MR) is 70.6 cm³/mol. The summed E-state index contributed by atoms with van der Waals surface area (Å²) in [6.07, 6.45) is 3.98. The van der Waals surface area contributed by atoms with Crippen molar-refractivity contribution in [3.8, 4) is 0 Å². The first-order chi connectivity index (χ1) is 8.76. The first-order valence-electron chi connectivity index (χ1n) is 6.00. The molecule has 0 aliphatic carbocycles. The molecule has 2 aromatic rings. The molecule has 0 aliphatic rings. The number of aldehydes is 1. The Labute approximate surface area is 106 Å². The molecule has 4 nitrogen and oxygen atoms in total. The van der Waals surface area contributed by atoms with E-state index in [1.807, 2.05) is 35.0 Å². The van der Waals surface area contributed by atoms with Gasteiger partial charge in [0.15, 0.2) is 6.29 Å². The fourth-order valence-electron chi connectivity index (χ4n) is 2.09. The molecule has 1 amide bonds. The average molecular weight is 244 g/mol. The molecule has 0 aliphatic heterocycles. The standard InChI is InChI=1S/C14H16N2O2/c1-15-14(18)7-4-8-16-9-11(10-17)12-5-2-3-6-13(12)16/h2-3,5-6,9-10H,4,7-8H2,1H3,(H,15,18). The van der Waals surface area contributed by atoms with Gasteiger partial charge >= 0.3 is 0 Å². The van der Waals surface area contributed by atoms with Gasteiger partial charge in [0.1, 0.15) is 0 Å².